The second kappa shape index (κ2) is 7.00. The number of ether oxygens (including phenoxy) is 1. The summed E-state index contributed by atoms with van der Waals surface area (Å²) >= 11 is 11.8. The van der Waals surface area contributed by atoms with E-state index in [0.29, 0.717) is 10.0 Å². The second-order valence-corrected chi connectivity index (χ2v) is 4.48. The number of rotatable bonds is 6. The van der Waals surface area contributed by atoms with Gasteiger partial charge in [0.2, 0.25) is 0 Å². The molecule has 0 aliphatic rings. The molecule has 0 aliphatic heterocycles. The van der Waals surface area contributed by atoms with E-state index in [1.807, 2.05) is 13.1 Å². The van der Waals surface area contributed by atoms with Crippen molar-refractivity contribution in [1.82, 2.24) is 5.32 Å². The molecule has 2 nitrogen and oxygen atoms in total. The van der Waals surface area contributed by atoms with Crippen LogP contribution in [0.2, 0.25) is 10.0 Å². The van der Waals surface area contributed by atoms with Gasteiger partial charge in [-0.2, -0.15) is 0 Å². The van der Waals surface area contributed by atoms with Crippen LogP contribution in [0.5, 0.6) is 5.75 Å². The van der Waals surface area contributed by atoms with E-state index in [1.54, 1.807) is 12.1 Å². The van der Waals surface area contributed by atoms with Crippen molar-refractivity contribution in [3.05, 3.63) is 28.2 Å². The van der Waals surface area contributed by atoms with Crippen molar-refractivity contribution in [2.24, 2.45) is 0 Å². The van der Waals surface area contributed by atoms with Crippen molar-refractivity contribution in [2.75, 3.05) is 13.6 Å². The fourth-order valence-electron chi connectivity index (χ4n) is 1.49. The molecule has 0 spiro atoms. The van der Waals surface area contributed by atoms with Crippen LogP contribution < -0.4 is 10.1 Å². The summed E-state index contributed by atoms with van der Waals surface area (Å²) in [6.45, 7) is 2.97. The quantitative estimate of drug-likeness (QED) is 0.842. The predicted molar refractivity (Wildman–Crippen MR) is 69.7 cm³/mol. The van der Waals surface area contributed by atoms with E-state index >= 15 is 0 Å². The summed E-state index contributed by atoms with van der Waals surface area (Å²) in [5.74, 6) is 0.767. The van der Waals surface area contributed by atoms with Gasteiger partial charge in [0.1, 0.15) is 11.9 Å². The molecule has 0 radical (unpaired) electrons. The van der Waals surface area contributed by atoms with Gasteiger partial charge in [0, 0.05) is 12.6 Å². The van der Waals surface area contributed by atoms with Crippen LogP contribution in [0.15, 0.2) is 18.2 Å². The Morgan fingerprint density at radius 1 is 1.31 bits per heavy atom. The summed E-state index contributed by atoms with van der Waals surface area (Å²) in [4.78, 5) is 0. The van der Waals surface area contributed by atoms with E-state index in [9.17, 15) is 0 Å². The van der Waals surface area contributed by atoms with Crippen LogP contribution in [0.25, 0.3) is 0 Å². The summed E-state index contributed by atoms with van der Waals surface area (Å²) in [6.07, 6.45) is 2.28. The van der Waals surface area contributed by atoms with Crippen molar-refractivity contribution < 1.29 is 4.74 Å². The maximum atomic E-state index is 5.92. The van der Waals surface area contributed by atoms with Gasteiger partial charge in [-0.1, -0.05) is 36.5 Å². The smallest absolute Gasteiger partial charge is 0.121 e. The van der Waals surface area contributed by atoms with Crippen molar-refractivity contribution in [1.29, 1.82) is 0 Å². The zero-order valence-electron chi connectivity index (χ0n) is 9.59. The summed E-state index contributed by atoms with van der Waals surface area (Å²) in [7, 11) is 1.92. The Bertz CT molecular complexity index is 325. The maximum Gasteiger partial charge on any atom is 0.121 e. The average molecular weight is 262 g/mol. The minimum absolute atomic E-state index is 0.173. The van der Waals surface area contributed by atoms with Crippen molar-refractivity contribution in [2.45, 2.75) is 25.9 Å². The Kier molecular flexibility index (Phi) is 5.96. The lowest BCUT2D eigenvalue weighted by atomic mass is 10.2. The van der Waals surface area contributed by atoms with Crippen LogP contribution in [0, 0.1) is 0 Å². The van der Waals surface area contributed by atoms with E-state index in [1.165, 1.54) is 0 Å². The van der Waals surface area contributed by atoms with Crippen LogP contribution >= 0.6 is 23.2 Å². The Labute approximate surface area is 107 Å². The fraction of sp³-hybridized carbons (Fsp3) is 0.500. The molecule has 16 heavy (non-hydrogen) atoms. The Morgan fingerprint density at radius 3 is 2.62 bits per heavy atom. The number of hydrogen-bond donors (Lipinski definition) is 1. The molecule has 0 fully saturated rings. The molecule has 1 rings (SSSR count). The molecule has 1 atom stereocenters. The van der Waals surface area contributed by atoms with E-state index in [4.69, 9.17) is 27.9 Å². The van der Waals surface area contributed by atoms with E-state index in [2.05, 4.69) is 12.2 Å². The van der Waals surface area contributed by atoms with Gasteiger partial charge in [0.05, 0.1) is 10.0 Å². The molecule has 0 bridgehead atoms. The van der Waals surface area contributed by atoms with E-state index < -0.39 is 0 Å². The molecule has 1 aromatic carbocycles. The minimum Gasteiger partial charge on any atom is -0.489 e. The number of nitrogens with one attached hydrogen (secondary N) is 1. The normalized spacial score (nSPS) is 12.5. The standard InChI is InChI=1S/C12H17Cl2NO/c1-3-4-10(8-15-2)16-9-5-6-11(13)12(14)7-9/h5-7,10,15H,3-4,8H2,1-2H3. The SMILES string of the molecule is CCCC(CNC)Oc1ccc(Cl)c(Cl)c1. The van der Waals surface area contributed by atoms with Gasteiger partial charge in [-0.05, 0) is 25.6 Å². The van der Waals surface area contributed by atoms with Crippen LogP contribution in [-0.4, -0.2) is 19.7 Å². The van der Waals surface area contributed by atoms with Crippen molar-refractivity contribution in [3.63, 3.8) is 0 Å². The largest absolute Gasteiger partial charge is 0.489 e. The summed E-state index contributed by atoms with van der Waals surface area (Å²) in [5, 5.41) is 4.19. The molecule has 0 amide bonds. The Balaban J connectivity index is 2.65. The van der Waals surface area contributed by atoms with E-state index in [0.717, 1.165) is 25.1 Å². The first-order chi connectivity index (χ1) is 7.67. The van der Waals surface area contributed by atoms with Crippen molar-refractivity contribution in [3.8, 4) is 5.75 Å². The number of hydrogen-bond acceptors (Lipinski definition) is 2. The van der Waals surface area contributed by atoms with Crippen LogP contribution in [0.1, 0.15) is 19.8 Å². The van der Waals surface area contributed by atoms with Crippen LogP contribution in [-0.2, 0) is 0 Å². The molecule has 4 heteroatoms. The molecule has 0 saturated carbocycles. The summed E-state index contributed by atoms with van der Waals surface area (Å²) in [6, 6.07) is 5.34. The third-order valence-corrected chi connectivity index (χ3v) is 2.98. The number of likely N-dealkylation sites (N-methyl/N-ethyl adjacent to an activating group) is 1. The molecule has 0 aromatic heterocycles. The molecule has 0 heterocycles. The predicted octanol–water partition coefficient (Wildman–Crippen LogP) is 3.76. The number of halogens is 2. The molecule has 0 aliphatic carbocycles. The lowest BCUT2D eigenvalue weighted by Gasteiger charge is -2.18. The lowest BCUT2D eigenvalue weighted by Crippen LogP contribution is -2.29. The van der Waals surface area contributed by atoms with Gasteiger partial charge in [-0.15, -0.1) is 0 Å². The first-order valence-electron chi connectivity index (χ1n) is 5.43. The molecule has 1 aromatic rings. The first-order valence-corrected chi connectivity index (χ1v) is 6.19. The van der Waals surface area contributed by atoms with Crippen molar-refractivity contribution >= 4 is 23.2 Å². The third kappa shape index (κ3) is 4.20. The zero-order valence-corrected chi connectivity index (χ0v) is 11.1. The third-order valence-electron chi connectivity index (χ3n) is 2.24. The molecular formula is C12H17Cl2NO. The number of benzene rings is 1. The highest BCUT2D eigenvalue weighted by molar-refractivity contribution is 6.42. The van der Waals surface area contributed by atoms with E-state index in [-0.39, 0.29) is 6.10 Å². The highest BCUT2D eigenvalue weighted by atomic mass is 35.5. The van der Waals surface area contributed by atoms with Gasteiger partial charge in [-0.3, -0.25) is 0 Å². The monoisotopic (exact) mass is 261 g/mol. The van der Waals surface area contributed by atoms with Crippen LogP contribution in [0.4, 0.5) is 0 Å². The zero-order chi connectivity index (χ0) is 12.0. The second-order valence-electron chi connectivity index (χ2n) is 3.66. The minimum atomic E-state index is 0.173. The van der Waals surface area contributed by atoms with Gasteiger partial charge < -0.3 is 10.1 Å². The fourth-order valence-corrected chi connectivity index (χ4v) is 1.78. The molecule has 90 valence electrons. The molecule has 1 unspecified atom stereocenters. The highest BCUT2D eigenvalue weighted by Crippen LogP contribution is 2.27. The lowest BCUT2D eigenvalue weighted by molar-refractivity contribution is 0.189. The Morgan fingerprint density at radius 2 is 2.06 bits per heavy atom. The highest BCUT2D eigenvalue weighted by Gasteiger charge is 2.09. The van der Waals surface area contributed by atoms with Crippen LogP contribution in [0.3, 0.4) is 0 Å². The van der Waals surface area contributed by atoms with Gasteiger partial charge in [-0.25, -0.2) is 0 Å². The maximum absolute atomic E-state index is 5.92. The summed E-state index contributed by atoms with van der Waals surface area (Å²) in [5.41, 5.74) is 0. The topological polar surface area (TPSA) is 21.3 Å². The van der Waals surface area contributed by atoms with Gasteiger partial charge >= 0.3 is 0 Å². The first kappa shape index (κ1) is 13.6. The average Bonchev–Trinajstić information content (AvgIpc) is 2.24. The van der Waals surface area contributed by atoms with Gasteiger partial charge in [0.25, 0.3) is 0 Å². The molecular weight excluding hydrogens is 245 g/mol. The Hall–Kier alpha value is -0.440. The summed E-state index contributed by atoms with van der Waals surface area (Å²) < 4.78 is 5.83. The van der Waals surface area contributed by atoms with Gasteiger partial charge in [0.15, 0.2) is 0 Å². The molecule has 1 N–H and O–H groups in total. The molecule has 0 saturated heterocycles.